The Bertz CT molecular complexity index is 1040. The Morgan fingerprint density at radius 2 is 1.58 bits per heavy atom. The Hall–Kier alpha value is -3.35. The number of carbonyl (C=O) groups is 3. The zero-order valence-electron chi connectivity index (χ0n) is 22.8. The van der Waals surface area contributed by atoms with E-state index in [4.69, 9.17) is 4.74 Å². The van der Waals surface area contributed by atoms with Crippen molar-refractivity contribution < 1.29 is 19.1 Å². The predicted molar refractivity (Wildman–Crippen MR) is 143 cm³/mol. The zero-order chi connectivity index (χ0) is 27.0. The standard InChI is InChI=1S/C29H41N3O4/c1-9-32(25(26(33)30-19(2)3)23-16-15-20(4)21(5)17-23)27(34)24(18-22-13-11-10-12-14-22)31-28(35)36-29(6,7)8/h10-17,19,24-25H,9,18H2,1-8H3,(H,30,33)(H,31,35). The van der Waals surface area contributed by atoms with Gasteiger partial charge >= 0.3 is 6.09 Å². The molecule has 0 aliphatic heterocycles. The van der Waals surface area contributed by atoms with Crippen molar-refractivity contribution in [3.05, 3.63) is 70.8 Å². The molecule has 0 bridgehead atoms. The topological polar surface area (TPSA) is 87.7 Å². The second kappa shape index (κ2) is 12.6. The van der Waals surface area contributed by atoms with Crippen LogP contribution < -0.4 is 10.6 Å². The van der Waals surface area contributed by atoms with Crippen LogP contribution in [0.4, 0.5) is 4.79 Å². The van der Waals surface area contributed by atoms with Crippen molar-refractivity contribution in [2.75, 3.05) is 6.54 Å². The van der Waals surface area contributed by atoms with E-state index in [9.17, 15) is 14.4 Å². The lowest BCUT2D eigenvalue weighted by atomic mass is 9.97. The summed E-state index contributed by atoms with van der Waals surface area (Å²) in [4.78, 5) is 41.7. The molecule has 7 heteroatoms. The molecule has 0 aromatic heterocycles. The van der Waals surface area contributed by atoms with Gasteiger partial charge in [-0.25, -0.2) is 4.79 Å². The van der Waals surface area contributed by atoms with Crippen LogP contribution >= 0.6 is 0 Å². The second-order valence-electron chi connectivity index (χ2n) is 10.4. The number of likely N-dealkylation sites (N-methyl/N-ethyl adjacent to an activating group) is 1. The van der Waals surface area contributed by atoms with E-state index in [-0.39, 0.29) is 30.8 Å². The molecule has 2 rings (SSSR count). The fraction of sp³-hybridized carbons (Fsp3) is 0.483. The van der Waals surface area contributed by atoms with Crippen LogP contribution in [0.25, 0.3) is 0 Å². The van der Waals surface area contributed by atoms with Gasteiger partial charge in [-0.3, -0.25) is 9.59 Å². The van der Waals surface area contributed by atoms with Gasteiger partial charge < -0.3 is 20.3 Å². The van der Waals surface area contributed by atoms with Gasteiger partial charge in [0, 0.05) is 19.0 Å². The predicted octanol–water partition coefficient (Wildman–Crippen LogP) is 4.85. The van der Waals surface area contributed by atoms with E-state index in [1.54, 1.807) is 20.8 Å². The minimum absolute atomic E-state index is 0.0969. The van der Waals surface area contributed by atoms with Crippen molar-refractivity contribution in [2.24, 2.45) is 0 Å². The van der Waals surface area contributed by atoms with Crippen LogP contribution in [0.1, 0.15) is 69.8 Å². The van der Waals surface area contributed by atoms with Gasteiger partial charge in [-0.15, -0.1) is 0 Å². The van der Waals surface area contributed by atoms with Crippen LogP contribution in [0.3, 0.4) is 0 Å². The van der Waals surface area contributed by atoms with E-state index in [1.165, 1.54) is 4.90 Å². The molecule has 36 heavy (non-hydrogen) atoms. The SMILES string of the molecule is CCN(C(=O)C(Cc1ccccc1)NC(=O)OC(C)(C)C)C(C(=O)NC(C)C)c1ccc(C)c(C)c1. The summed E-state index contributed by atoms with van der Waals surface area (Å²) in [5.41, 5.74) is 3.03. The minimum Gasteiger partial charge on any atom is -0.444 e. The fourth-order valence-electron chi connectivity index (χ4n) is 3.94. The van der Waals surface area contributed by atoms with Crippen LogP contribution in [-0.2, 0) is 20.7 Å². The zero-order valence-corrected chi connectivity index (χ0v) is 22.8. The molecular weight excluding hydrogens is 454 g/mol. The van der Waals surface area contributed by atoms with Crippen LogP contribution in [0.5, 0.6) is 0 Å². The molecule has 2 aromatic carbocycles. The summed E-state index contributed by atoms with van der Waals surface area (Å²) in [6, 6.07) is 13.4. The van der Waals surface area contributed by atoms with Crippen LogP contribution in [-0.4, -0.2) is 47.0 Å². The maximum Gasteiger partial charge on any atom is 0.408 e. The molecule has 0 saturated carbocycles. The molecule has 0 fully saturated rings. The molecule has 2 atom stereocenters. The molecular formula is C29H41N3O4. The Labute approximate surface area is 215 Å². The lowest BCUT2D eigenvalue weighted by Gasteiger charge is -2.34. The van der Waals surface area contributed by atoms with Crippen molar-refractivity contribution in [3.63, 3.8) is 0 Å². The molecule has 2 unspecified atom stereocenters. The highest BCUT2D eigenvalue weighted by Crippen LogP contribution is 2.25. The molecule has 0 aliphatic rings. The van der Waals surface area contributed by atoms with Crippen molar-refractivity contribution >= 4 is 17.9 Å². The molecule has 7 nitrogen and oxygen atoms in total. The van der Waals surface area contributed by atoms with Crippen molar-refractivity contribution in [1.82, 2.24) is 15.5 Å². The number of aryl methyl sites for hydroxylation is 2. The number of hydrogen-bond donors (Lipinski definition) is 2. The Balaban J connectivity index is 2.48. The molecule has 2 N–H and O–H groups in total. The summed E-state index contributed by atoms with van der Waals surface area (Å²) < 4.78 is 5.44. The number of hydrogen-bond acceptors (Lipinski definition) is 4. The number of ether oxygens (including phenoxy) is 1. The summed E-state index contributed by atoms with van der Waals surface area (Å²) in [7, 11) is 0. The molecule has 0 spiro atoms. The first-order valence-electron chi connectivity index (χ1n) is 12.5. The van der Waals surface area contributed by atoms with Gasteiger partial charge in [-0.05, 0) is 77.6 Å². The fourth-order valence-corrected chi connectivity index (χ4v) is 3.94. The number of alkyl carbamates (subject to hydrolysis) is 1. The van der Waals surface area contributed by atoms with E-state index < -0.39 is 23.8 Å². The maximum atomic E-state index is 14.0. The summed E-state index contributed by atoms with van der Waals surface area (Å²) in [6.07, 6.45) is -0.414. The highest BCUT2D eigenvalue weighted by molar-refractivity contribution is 5.92. The average Bonchev–Trinajstić information content (AvgIpc) is 2.77. The maximum absolute atomic E-state index is 14.0. The van der Waals surface area contributed by atoms with E-state index in [0.717, 1.165) is 22.3 Å². The highest BCUT2D eigenvalue weighted by Gasteiger charge is 2.36. The minimum atomic E-state index is -0.914. The lowest BCUT2D eigenvalue weighted by molar-refractivity contribution is -0.142. The van der Waals surface area contributed by atoms with E-state index in [1.807, 2.05) is 83.1 Å². The first kappa shape index (κ1) is 28.9. The molecule has 0 radical (unpaired) electrons. The molecule has 0 aliphatic carbocycles. The number of carbonyl (C=O) groups excluding carboxylic acids is 3. The summed E-state index contributed by atoms with van der Waals surface area (Å²) in [5, 5.41) is 5.72. The second-order valence-corrected chi connectivity index (χ2v) is 10.4. The number of amides is 3. The van der Waals surface area contributed by atoms with Gasteiger partial charge in [0.25, 0.3) is 0 Å². The summed E-state index contributed by atoms with van der Waals surface area (Å²) in [5.74, 6) is -0.617. The smallest absolute Gasteiger partial charge is 0.408 e. The lowest BCUT2D eigenvalue weighted by Crippen LogP contribution is -2.54. The quantitative estimate of drug-likeness (QED) is 0.520. The van der Waals surface area contributed by atoms with Crippen LogP contribution in [0.2, 0.25) is 0 Å². The molecule has 196 valence electrons. The number of nitrogens with zero attached hydrogens (tertiary/aromatic N) is 1. The molecule has 2 aromatic rings. The number of benzene rings is 2. The van der Waals surface area contributed by atoms with E-state index >= 15 is 0 Å². The molecule has 0 saturated heterocycles. The molecule has 3 amide bonds. The van der Waals surface area contributed by atoms with Gasteiger partial charge in [-0.2, -0.15) is 0 Å². The first-order valence-corrected chi connectivity index (χ1v) is 12.5. The van der Waals surface area contributed by atoms with Gasteiger partial charge in [0.05, 0.1) is 0 Å². The van der Waals surface area contributed by atoms with Crippen molar-refractivity contribution in [1.29, 1.82) is 0 Å². The third-order valence-electron chi connectivity index (χ3n) is 5.73. The monoisotopic (exact) mass is 495 g/mol. The first-order chi connectivity index (χ1) is 16.8. The Morgan fingerprint density at radius 3 is 2.11 bits per heavy atom. The molecule has 0 heterocycles. The van der Waals surface area contributed by atoms with Crippen LogP contribution in [0.15, 0.2) is 48.5 Å². The van der Waals surface area contributed by atoms with E-state index in [2.05, 4.69) is 10.6 Å². The Kier molecular flexibility index (Phi) is 10.1. The summed E-state index contributed by atoms with van der Waals surface area (Å²) >= 11 is 0. The van der Waals surface area contributed by atoms with Gasteiger partial charge in [0.1, 0.15) is 17.7 Å². The third kappa shape index (κ3) is 8.40. The normalized spacial score (nSPS) is 13.0. The van der Waals surface area contributed by atoms with E-state index in [0.29, 0.717) is 0 Å². The van der Waals surface area contributed by atoms with Crippen LogP contribution in [0, 0.1) is 13.8 Å². The average molecular weight is 496 g/mol. The number of rotatable bonds is 9. The highest BCUT2D eigenvalue weighted by atomic mass is 16.6. The number of nitrogens with one attached hydrogen (secondary N) is 2. The van der Waals surface area contributed by atoms with Gasteiger partial charge in [-0.1, -0.05) is 48.5 Å². The van der Waals surface area contributed by atoms with Crippen molar-refractivity contribution in [2.45, 2.75) is 85.5 Å². The van der Waals surface area contributed by atoms with Gasteiger partial charge in [0.15, 0.2) is 0 Å². The Morgan fingerprint density at radius 1 is 0.944 bits per heavy atom. The van der Waals surface area contributed by atoms with Crippen molar-refractivity contribution in [3.8, 4) is 0 Å². The summed E-state index contributed by atoms with van der Waals surface area (Å²) in [6.45, 7) is 15.2. The van der Waals surface area contributed by atoms with Gasteiger partial charge in [0.2, 0.25) is 11.8 Å². The largest absolute Gasteiger partial charge is 0.444 e. The third-order valence-corrected chi connectivity index (χ3v) is 5.73.